The Morgan fingerprint density at radius 2 is 0.860 bits per heavy atom. The molecule has 5 heterocycles. The summed E-state index contributed by atoms with van der Waals surface area (Å²) in [5.41, 5.74) is -0.557. The van der Waals surface area contributed by atoms with Crippen molar-refractivity contribution in [2.75, 3.05) is 26.4 Å². The molecule has 0 aliphatic carbocycles. The van der Waals surface area contributed by atoms with E-state index >= 15 is 0 Å². The van der Waals surface area contributed by atoms with Crippen molar-refractivity contribution in [2.45, 2.75) is 79.1 Å². The van der Waals surface area contributed by atoms with E-state index in [2.05, 4.69) is 32.7 Å². The van der Waals surface area contributed by atoms with Crippen molar-refractivity contribution < 1.29 is 18.9 Å². The van der Waals surface area contributed by atoms with E-state index in [9.17, 15) is 9.59 Å². The van der Waals surface area contributed by atoms with E-state index in [0.717, 1.165) is 113 Å². The summed E-state index contributed by atoms with van der Waals surface area (Å²) in [6.45, 7) is 11.0. The summed E-state index contributed by atoms with van der Waals surface area (Å²) < 4.78 is 34.2. The van der Waals surface area contributed by atoms with Gasteiger partial charge in [0.15, 0.2) is 0 Å². The molecule has 0 atom stereocenters. The summed E-state index contributed by atoms with van der Waals surface area (Å²) in [5, 5.41) is 6.35. The Labute approximate surface area is 307 Å². The van der Waals surface area contributed by atoms with Gasteiger partial charge < -0.3 is 0 Å². The molecule has 3 aromatic carbocycles. The Kier molecular flexibility index (Phi) is 9.66. The number of hydrogen-bond acceptors (Lipinski definition) is 7. The first-order valence-corrected chi connectivity index (χ1v) is 23.0. The second-order valence-electron chi connectivity index (χ2n) is 12.8. The topological polar surface area (TPSA) is 88.9 Å². The molecule has 0 N–H and O–H groups in total. The molecule has 0 fully saturated rings. The minimum atomic E-state index is -0.425. The maximum absolute atomic E-state index is 14.8. The molecule has 0 saturated carbocycles. The number of hydrogen-bond donors (Lipinski definition) is 0. The van der Waals surface area contributed by atoms with Crippen LogP contribution in [0.4, 0.5) is 0 Å². The van der Waals surface area contributed by atoms with Crippen molar-refractivity contribution in [2.24, 2.45) is 0 Å². The molecular formula is C39H40N2O6Se3. The molecule has 0 bridgehead atoms. The summed E-state index contributed by atoms with van der Waals surface area (Å²) in [6, 6.07) is 5.38. The third-order valence-corrected chi connectivity index (χ3v) is 16.8. The van der Waals surface area contributed by atoms with Gasteiger partial charge in [-0.15, -0.1) is 0 Å². The first-order chi connectivity index (χ1) is 24.5. The predicted octanol–water partition coefficient (Wildman–Crippen LogP) is 7.71. The summed E-state index contributed by atoms with van der Waals surface area (Å²) in [6.07, 6.45) is 9.44. The van der Waals surface area contributed by atoms with Gasteiger partial charge in [0.05, 0.1) is 0 Å². The average molecular weight is 870 g/mol. The number of benzene rings is 3. The van der Waals surface area contributed by atoms with Crippen LogP contribution in [-0.4, -0.2) is 79.5 Å². The van der Waals surface area contributed by atoms with Crippen LogP contribution in [0.25, 0.3) is 63.7 Å². The van der Waals surface area contributed by atoms with Crippen LogP contribution < -0.4 is 30.1 Å². The van der Waals surface area contributed by atoms with Gasteiger partial charge in [-0.2, -0.15) is 0 Å². The van der Waals surface area contributed by atoms with Gasteiger partial charge in [0.25, 0.3) is 0 Å². The number of unbranched alkanes of at least 4 members (excludes halogenated alkanes) is 4. The average Bonchev–Trinajstić information content (AvgIpc) is 3.81. The third-order valence-electron chi connectivity index (χ3n) is 9.36. The predicted molar refractivity (Wildman–Crippen MR) is 207 cm³/mol. The van der Waals surface area contributed by atoms with E-state index in [4.69, 9.17) is 18.9 Å². The van der Waals surface area contributed by atoms with Gasteiger partial charge in [-0.05, 0) is 0 Å². The second kappa shape index (κ2) is 14.2. The van der Waals surface area contributed by atoms with Gasteiger partial charge in [0.1, 0.15) is 0 Å². The van der Waals surface area contributed by atoms with E-state index < -0.39 is 29.0 Å². The summed E-state index contributed by atoms with van der Waals surface area (Å²) >= 11 is -1.02. The van der Waals surface area contributed by atoms with Gasteiger partial charge in [0, 0.05) is 0 Å². The van der Waals surface area contributed by atoms with Crippen molar-refractivity contribution in [3.63, 3.8) is 0 Å². The molecule has 0 saturated heterocycles. The molecule has 8 aromatic rings. The van der Waals surface area contributed by atoms with E-state index in [1.54, 1.807) is 18.3 Å². The van der Waals surface area contributed by atoms with E-state index in [1.165, 1.54) is 15.3 Å². The van der Waals surface area contributed by atoms with Crippen LogP contribution in [0.1, 0.15) is 79.1 Å². The SMILES string of the molecule is CCCCOc1c(OCCCC)c2[se]c3c(=O)n(-c4ccccn4)c(=O)c4[se]c5c(OCCCC)c(OCCCC)c6[se]c1c1c6c5c4c3c21. The minimum absolute atomic E-state index is 0.173. The standard InChI is InChI=1S/C39H40N2O6Se3/c1-5-9-17-44-28-30(46-19-11-7-3)34-24-22-23-25-27-26(24)36(49-34)38(42)41(21-15-13-14-16-40-21)39(43)37(27)50-35(25)31(47-20-12-8-4)29(45-18-10-6-2)33(23)48-32(22)28/h13-16H,5-12,17-20H2,1-4H3. The molecule has 0 radical (unpaired) electrons. The van der Waals surface area contributed by atoms with E-state index in [-0.39, 0.29) is 25.6 Å². The molecular weight excluding hydrogens is 829 g/mol. The Balaban J connectivity index is 1.61. The van der Waals surface area contributed by atoms with Crippen LogP contribution in [-0.2, 0) is 0 Å². The molecule has 8 nitrogen and oxygen atoms in total. The normalized spacial score (nSPS) is 12.3. The molecule has 50 heavy (non-hydrogen) atoms. The van der Waals surface area contributed by atoms with Crippen LogP contribution in [0.5, 0.6) is 23.0 Å². The van der Waals surface area contributed by atoms with Gasteiger partial charge >= 0.3 is 309 Å². The van der Waals surface area contributed by atoms with Crippen molar-refractivity contribution in [3.8, 4) is 28.8 Å². The molecule has 0 unspecified atom stereocenters. The second-order valence-corrected chi connectivity index (χ2v) is 19.2. The maximum atomic E-state index is 14.8. The van der Waals surface area contributed by atoms with Gasteiger partial charge in [-0.3, -0.25) is 0 Å². The van der Waals surface area contributed by atoms with Gasteiger partial charge in [-0.1, -0.05) is 0 Å². The molecule has 260 valence electrons. The van der Waals surface area contributed by atoms with E-state index in [0.29, 0.717) is 40.8 Å². The van der Waals surface area contributed by atoms with Crippen molar-refractivity contribution in [1.82, 2.24) is 9.55 Å². The quantitative estimate of drug-likeness (QED) is 0.0527. The molecule has 11 heteroatoms. The Bertz CT molecular complexity index is 2390. The van der Waals surface area contributed by atoms with Crippen LogP contribution in [0.3, 0.4) is 0 Å². The first-order valence-electron chi connectivity index (χ1n) is 17.9. The number of pyridine rings is 1. The zero-order chi connectivity index (χ0) is 34.5. The Morgan fingerprint density at radius 1 is 0.520 bits per heavy atom. The van der Waals surface area contributed by atoms with Gasteiger partial charge in [0.2, 0.25) is 0 Å². The number of ether oxygens (including phenoxy) is 4. The summed E-state index contributed by atoms with van der Waals surface area (Å²) in [4.78, 5) is 34.0. The molecule has 0 aliphatic heterocycles. The zero-order valence-electron chi connectivity index (χ0n) is 28.9. The number of nitrogens with zero attached hydrogens (tertiary/aromatic N) is 2. The fourth-order valence-corrected chi connectivity index (χ4v) is 14.8. The van der Waals surface area contributed by atoms with Crippen molar-refractivity contribution >= 4 is 101 Å². The number of aromatic nitrogens is 2. The fourth-order valence-electron chi connectivity index (χ4n) is 6.87. The molecule has 0 aliphatic rings. The molecule has 5 aromatic heterocycles. The summed E-state index contributed by atoms with van der Waals surface area (Å²) in [7, 11) is 0. The summed E-state index contributed by atoms with van der Waals surface area (Å²) in [5.74, 6) is 3.60. The molecule has 0 spiro atoms. The van der Waals surface area contributed by atoms with Crippen LogP contribution in [0.15, 0.2) is 34.0 Å². The van der Waals surface area contributed by atoms with E-state index in [1.807, 2.05) is 6.07 Å². The molecule has 8 rings (SSSR count). The zero-order valence-corrected chi connectivity index (χ0v) is 34.0. The Morgan fingerprint density at radius 3 is 1.18 bits per heavy atom. The van der Waals surface area contributed by atoms with Crippen molar-refractivity contribution in [1.29, 1.82) is 0 Å². The van der Waals surface area contributed by atoms with Gasteiger partial charge in [-0.25, -0.2) is 0 Å². The van der Waals surface area contributed by atoms with Crippen LogP contribution in [0, 0.1) is 0 Å². The van der Waals surface area contributed by atoms with Crippen LogP contribution in [0.2, 0.25) is 0 Å². The monoisotopic (exact) mass is 872 g/mol. The third kappa shape index (κ3) is 5.23. The fraction of sp³-hybridized carbons (Fsp3) is 0.410. The van der Waals surface area contributed by atoms with Crippen LogP contribution >= 0.6 is 0 Å². The number of rotatable bonds is 17. The molecule has 0 amide bonds. The van der Waals surface area contributed by atoms with Crippen molar-refractivity contribution in [3.05, 3.63) is 45.1 Å². The Hall–Kier alpha value is -3.03. The first kappa shape index (κ1) is 34.1.